The molecule has 2 aromatic heterocycles. The van der Waals surface area contributed by atoms with Gasteiger partial charge in [0.05, 0.1) is 11.4 Å². The molecule has 3 nitrogen and oxygen atoms in total. The number of aryl methyl sites for hydroxylation is 1. The van der Waals surface area contributed by atoms with E-state index in [4.69, 9.17) is 5.73 Å². The highest BCUT2D eigenvalue weighted by Gasteiger charge is 2.08. The van der Waals surface area contributed by atoms with E-state index in [2.05, 4.69) is 27.5 Å². The van der Waals surface area contributed by atoms with Gasteiger partial charge in [0.15, 0.2) is 0 Å². The van der Waals surface area contributed by atoms with Gasteiger partial charge < -0.3 is 5.73 Å². The molecule has 2 N–H and O–H groups in total. The number of benzene rings is 1. The van der Waals surface area contributed by atoms with E-state index in [1.54, 1.807) is 11.3 Å². The molecule has 20 heavy (non-hydrogen) atoms. The summed E-state index contributed by atoms with van der Waals surface area (Å²) in [6.07, 6.45) is 0. The fourth-order valence-corrected chi connectivity index (χ4v) is 2.84. The molecule has 0 amide bonds. The molecular formula is C16H15N3S. The van der Waals surface area contributed by atoms with Gasteiger partial charge in [-0.2, -0.15) is 0 Å². The Morgan fingerprint density at radius 2 is 1.90 bits per heavy atom. The molecule has 100 valence electrons. The maximum Gasteiger partial charge on any atom is 0.142 e. The van der Waals surface area contributed by atoms with Crippen molar-refractivity contribution >= 4 is 11.3 Å². The summed E-state index contributed by atoms with van der Waals surface area (Å²) >= 11 is 1.61. The van der Waals surface area contributed by atoms with Crippen molar-refractivity contribution in [2.24, 2.45) is 5.73 Å². The van der Waals surface area contributed by atoms with Crippen LogP contribution in [0.4, 0.5) is 0 Å². The molecule has 0 fully saturated rings. The SMILES string of the molecule is Cc1cccc(-c2nc(-c3cccc(CN)c3)cs2)n1. The van der Waals surface area contributed by atoms with Gasteiger partial charge in [0.1, 0.15) is 5.01 Å². The largest absolute Gasteiger partial charge is 0.326 e. The van der Waals surface area contributed by atoms with Crippen LogP contribution in [0, 0.1) is 6.92 Å². The molecule has 0 saturated heterocycles. The van der Waals surface area contributed by atoms with Crippen LogP contribution in [-0.4, -0.2) is 9.97 Å². The molecule has 4 heteroatoms. The summed E-state index contributed by atoms with van der Waals surface area (Å²) in [4.78, 5) is 9.19. The van der Waals surface area contributed by atoms with Crippen molar-refractivity contribution in [3.8, 4) is 22.0 Å². The summed E-state index contributed by atoms with van der Waals surface area (Å²) in [5.74, 6) is 0. The van der Waals surface area contributed by atoms with E-state index in [9.17, 15) is 0 Å². The summed E-state index contributed by atoms with van der Waals surface area (Å²) < 4.78 is 0. The number of nitrogens with two attached hydrogens (primary N) is 1. The predicted octanol–water partition coefficient (Wildman–Crippen LogP) is 3.64. The summed E-state index contributed by atoms with van der Waals surface area (Å²) in [6.45, 7) is 2.53. The highest BCUT2D eigenvalue weighted by Crippen LogP contribution is 2.28. The Hall–Kier alpha value is -2.04. The molecular weight excluding hydrogens is 266 g/mol. The first-order valence-corrected chi connectivity index (χ1v) is 7.33. The lowest BCUT2D eigenvalue weighted by Gasteiger charge is -2.00. The lowest BCUT2D eigenvalue weighted by molar-refractivity contribution is 1.07. The first-order valence-electron chi connectivity index (χ1n) is 6.45. The van der Waals surface area contributed by atoms with E-state index < -0.39 is 0 Å². The van der Waals surface area contributed by atoms with Crippen LogP contribution in [0.25, 0.3) is 22.0 Å². The molecule has 3 rings (SSSR count). The zero-order chi connectivity index (χ0) is 13.9. The topological polar surface area (TPSA) is 51.8 Å². The van der Waals surface area contributed by atoms with Crippen LogP contribution >= 0.6 is 11.3 Å². The van der Waals surface area contributed by atoms with Crippen LogP contribution in [-0.2, 0) is 6.54 Å². The molecule has 3 aromatic rings. The molecule has 1 aromatic carbocycles. The molecule has 0 radical (unpaired) electrons. The number of hydrogen-bond donors (Lipinski definition) is 1. The lowest BCUT2D eigenvalue weighted by Crippen LogP contribution is -1.95. The van der Waals surface area contributed by atoms with Crippen molar-refractivity contribution in [2.75, 3.05) is 0 Å². The first-order chi connectivity index (χ1) is 9.76. The number of pyridine rings is 1. The van der Waals surface area contributed by atoms with Gasteiger partial charge in [-0.15, -0.1) is 11.3 Å². The number of aromatic nitrogens is 2. The monoisotopic (exact) mass is 281 g/mol. The first kappa shape index (κ1) is 13.0. The Morgan fingerprint density at radius 3 is 2.70 bits per heavy atom. The summed E-state index contributed by atoms with van der Waals surface area (Å²) in [6, 6.07) is 14.2. The van der Waals surface area contributed by atoms with E-state index in [0.29, 0.717) is 6.54 Å². The molecule has 0 spiro atoms. The van der Waals surface area contributed by atoms with Crippen LogP contribution < -0.4 is 5.73 Å². The average Bonchev–Trinajstić information content (AvgIpc) is 2.97. The van der Waals surface area contributed by atoms with Crippen LogP contribution in [0.5, 0.6) is 0 Å². The fraction of sp³-hybridized carbons (Fsp3) is 0.125. The smallest absolute Gasteiger partial charge is 0.142 e. The maximum absolute atomic E-state index is 5.68. The van der Waals surface area contributed by atoms with Gasteiger partial charge in [-0.3, -0.25) is 4.98 Å². The number of thiazole rings is 1. The van der Waals surface area contributed by atoms with E-state index in [0.717, 1.165) is 33.2 Å². The van der Waals surface area contributed by atoms with Gasteiger partial charge in [-0.25, -0.2) is 4.98 Å². The maximum atomic E-state index is 5.68. The second-order valence-corrected chi connectivity index (χ2v) is 5.46. The van der Waals surface area contributed by atoms with Gasteiger partial charge >= 0.3 is 0 Å². The molecule has 0 saturated carbocycles. The summed E-state index contributed by atoms with van der Waals surface area (Å²) in [5, 5.41) is 3.01. The van der Waals surface area contributed by atoms with Gasteiger partial charge in [0.2, 0.25) is 0 Å². The highest BCUT2D eigenvalue weighted by atomic mass is 32.1. The number of hydrogen-bond acceptors (Lipinski definition) is 4. The summed E-state index contributed by atoms with van der Waals surface area (Å²) in [5.41, 5.74) is 10.8. The summed E-state index contributed by atoms with van der Waals surface area (Å²) in [7, 11) is 0. The average molecular weight is 281 g/mol. The highest BCUT2D eigenvalue weighted by molar-refractivity contribution is 7.13. The molecule has 0 bridgehead atoms. The Bertz CT molecular complexity index is 734. The number of nitrogens with zero attached hydrogens (tertiary/aromatic N) is 2. The van der Waals surface area contributed by atoms with Crippen LogP contribution in [0.1, 0.15) is 11.3 Å². The molecule has 2 heterocycles. The standard InChI is InChI=1S/C16H15N3S/c1-11-4-2-7-14(18-11)16-19-15(10-20-16)13-6-3-5-12(8-13)9-17/h2-8,10H,9,17H2,1H3. The predicted molar refractivity (Wildman–Crippen MR) is 83.4 cm³/mol. The van der Waals surface area contributed by atoms with Gasteiger partial charge in [-0.05, 0) is 30.7 Å². The molecule has 0 atom stereocenters. The second kappa shape index (κ2) is 5.53. The van der Waals surface area contributed by atoms with E-state index in [1.165, 1.54) is 0 Å². The van der Waals surface area contributed by atoms with Gasteiger partial charge in [0.25, 0.3) is 0 Å². The Balaban J connectivity index is 1.97. The fourth-order valence-electron chi connectivity index (χ4n) is 2.04. The van der Waals surface area contributed by atoms with Crippen LogP contribution in [0.2, 0.25) is 0 Å². The minimum absolute atomic E-state index is 0.546. The third-order valence-corrected chi connectivity index (χ3v) is 3.93. The van der Waals surface area contributed by atoms with E-state index in [-0.39, 0.29) is 0 Å². The number of rotatable bonds is 3. The molecule has 0 unspecified atom stereocenters. The van der Waals surface area contributed by atoms with Crippen molar-refractivity contribution in [3.05, 3.63) is 59.1 Å². The van der Waals surface area contributed by atoms with Crippen molar-refractivity contribution < 1.29 is 0 Å². The van der Waals surface area contributed by atoms with Crippen LogP contribution in [0.15, 0.2) is 47.8 Å². The Kier molecular flexibility index (Phi) is 3.58. The van der Waals surface area contributed by atoms with Gasteiger partial charge in [-0.1, -0.05) is 24.3 Å². The van der Waals surface area contributed by atoms with Crippen molar-refractivity contribution in [1.82, 2.24) is 9.97 Å². The van der Waals surface area contributed by atoms with E-state index >= 15 is 0 Å². The molecule has 0 aliphatic rings. The minimum atomic E-state index is 0.546. The zero-order valence-corrected chi connectivity index (χ0v) is 12.0. The minimum Gasteiger partial charge on any atom is -0.326 e. The second-order valence-electron chi connectivity index (χ2n) is 4.61. The van der Waals surface area contributed by atoms with E-state index in [1.807, 2.05) is 37.3 Å². The Morgan fingerprint density at radius 1 is 1.05 bits per heavy atom. The lowest BCUT2D eigenvalue weighted by atomic mass is 10.1. The third kappa shape index (κ3) is 2.61. The molecule has 0 aliphatic heterocycles. The third-order valence-electron chi connectivity index (χ3n) is 3.07. The van der Waals surface area contributed by atoms with Gasteiger partial charge in [0, 0.05) is 23.2 Å². The van der Waals surface area contributed by atoms with Crippen molar-refractivity contribution in [3.63, 3.8) is 0 Å². The Labute approximate surface area is 122 Å². The quantitative estimate of drug-likeness (QED) is 0.797. The molecule has 0 aliphatic carbocycles. The van der Waals surface area contributed by atoms with Crippen molar-refractivity contribution in [1.29, 1.82) is 0 Å². The zero-order valence-electron chi connectivity index (χ0n) is 11.2. The van der Waals surface area contributed by atoms with Crippen molar-refractivity contribution in [2.45, 2.75) is 13.5 Å². The normalized spacial score (nSPS) is 10.7. The van der Waals surface area contributed by atoms with Crippen LogP contribution in [0.3, 0.4) is 0 Å².